The maximum atomic E-state index is 5.38. The fraction of sp³-hybridized carbons (Fsp3) is 0.733. The number of aryl methyl sites for hydroxylation is 1. The smallest absolute Gasteiger partial charge is 0.133 e. The van der Waals surface area contributed by atoms with Gasteiger partial charge in [-0.2, -0.15) is 0 Å². The van der Waals surface area contributed by atoms with Crippen molar-refractivity contribution >= 4 is 5.82 Å². The topological polar surface area (TPSA) is 47.0 Å². The first-order valence-corrected chi connectivity index (χ1v) is 7.29. The van der Waals surface area contributed by atoms with E-state index in [1.54, 1.807) is 0 Å². The lowest BCUT2D eigenvalue weighted by Crippen LogP contribution is -2.13. The van der Waals surface area contributed by atoms with E-state index in [4.69, 9.17) is 4.74 Å². The summed E-state index contributed by atoms with van der Waals surface area (Å²) in [5, 5.41) is 3.42. The third-order valence-corrected chi connectivity index (χ3v) is 2.98. The molecule has 0 saturated carbocycles. The molecule has 0 aliphatic heterocycles. The number of rotatable bonds is 8. The minimum absolute atomic E-state index is 0.431. The standard InChI is InChI=1S/C15H27N3O/c1-6-9-16-15-14(11(3)4)12(5)17-13(18-15)8-10-19-7-2/h11H,6-10H2,1-5H3,(H,16,17,18). The molecule has 0 atom stereocenters. The first-order chi connectivity index (χ1) is 9.10. The lowest BCUT2D eigenvalue weighted by atomic mass is 10.0. The average molecular weight is 265 g/mol. The van der Waals surface area contributed by atoms with Crippen LogP contribution in [0.5, 0.6) is 0 Å². The number of hydrogen-bond acceptors (Lipinski definition) is 4. The van der Waals surface area contributed by atoms with Crippen molar-refractivity contribution < 1.29 is 4.74 Å². The molecule has 19 heavy (non-hydrogen) atoms. The summed E-state index contributed by atoms with van der Waals surface area (Å²) in [6.07, 6.45) is 1.86. The van der Waals surface area contributed by atoms with Crippen LogP contribution >= 0.6 is 0 Å². The Labute approximate surface area is 117 Å². The number of hydrogen-bond donors (Lipinski definition) is 1. The van der Waals surface area contributed by atoms with Crippen molar-refractivity contribution in [3.63, 3.8) is 0 Å². The Morgan fingerprint density at radius 3 is 2.53 bits per heavy atom. The SMILES string of the molecule is CCCNc1nc(CCOCC)nc(C)c1C(C)C. The van der Waals surface area contributed by atoms with Gasteiger partial charge < -0.3 is 10.1 Å². The van der Waals surface area contributed by atoms with E-state index in [0.717, 1.165) is 43.3 Å². The number of ether oxygens (including phenoxy) is 1. The largest absolute Gasteiger partial charge is 0.381 e. The van der Waals surface area contributed by atoms with Gasteiger partial charge in [0.2, 0.25) is 0 Å². The predicted octanol–water partition coefficient (Wildman–Crippen LogP) is 3.31. The quantitative estimate of drug-likeness (QED) is 0.733. The van der Waals surface area contributed by atoms with E-state index < -0.39 is 0 Å². The zero-order valence-corrected chi connectivity index (χ0v) is 12.9. The first-order valence-electron chi connectivity index (χ1n) is 7.29. The Morgan fingerprint density at radius 1 is 1.21 bits per heavy atom. The summed E-state index contributed by atoms with van der Waals surface area (Å²) in [7, 11) is 0. The molecule has 4 heteroatoms. The third kappa shape index (κ3) is 4.78. The summed E-state index contributed by atoms with van der Waals surface area (Å²) in [6, 6.07) is 0. The molecule has 0 aliphatic rings. The van der Waals surface area contributed by atoms with Crippen molar-refractivity contribution in [2.24, 2.45) is 0 Å². The van der Waals surface area contributed by atoms with Crippen LogP contribution in [0.4, 0.5) is 5.82 Å². The number of anilines is 1. The Balaban J connectivity index is 2.93. The Bertz CT molecular complexity index is 391. The highest BCUT2D eigenvalue weighted by Crippen LogP contribution is 2.25. The molecule has 1 aromatic heterocycles. The van der Waals surface area contributed by atoms with Crippen LogP contribution in [-0.4, -0.2) is 29.7 Å². The molecular weight excluding hydrogens is 238 g/mol. The molecule has 0 radical (unpaired) electrons. The number of nitrogens with one attached hydrogen (secondary N) is 1. The molecule has 108 valence electrons. The lowest BCUT2D eigenvalue weighted by molar-refractivity contribution is 0.149. The molecule has 0 fully saturated rings. The van der Waals surface area contributed by atoms with E-state index in [-0.39, 0.29) is 0 Å². The molecule has 0 amide bonds. The third-order valence-electron chi connectivity index (χ3n) is 2.98. The molecule has 1 heterocycles. The van der Waals surface area contributed by atoms with Crippen LogP contribution in [0.3, 0.4) is 0 Å². The molecule has 0 spiro atoms. The maximum absolute atomic E-state index is 5.38. The Hall–Kier alpha value is -1.16. The van der Waals surface area contributed by atoms with Gasteiger partial charge in [0.15, 0.2) is 0 Å². The molecule has 4 nitrogen and oxygen atoms in total. The molecule has 0 bridgehead atoms. The van der Waals surface area contributed by atoms with E-state index in [1.807, 2.05) is 6.92 Å². The molecule has 0 aliphatic carbocycles. The summed E-state index contributed by atoms with van der Waals surface area (Å²) >= 11 is 0. The molecule has 1 rings (SSSR count). The summed E-state index contributed by atoms with van der Waals surface area (Å²) in [4.78, 5) is 9.27. The second-order valence-corrected chi connectivity index (χ2v) is 5.02. The second kappa shape index (κ2) is 8.10. The molecule has 0 unspecified atom stereocenters. The zero-order valence-electron chi connectivity index (χ0n) is 12.9. The van der Waals surface area contributed by atoms with Crippen LogP contribution in [-0.2, 0) is 11.2 Å². The molecule has 0 aromatic carbocycles. The van der Waals surface area contributed by atoms with Crippen LogP contribution in [0.1, 0.15) is 57.1 Å². The van der Waals surface area contributed by atoms with Crippen LogP contribution in [0.25, 0.3) is 0 Å². The van der Waals surface area contributed by atoms with Crippen LogP contribution in [0.15, 0.2) is 0 Å². The fourth-order valence-electron chi connectivity index (χ4n) is 2.13. The summed E-state index contributed by atoms with van der Waals surface area (Å²) in [6.45, 7) is 13.0. The maximum Gasteiger partial charge on any atom is 0.133 e. The molecule has 1 N–H and O–H groups in total. The predicted molar refractivity (Wildman–Crippen MR) is 79.8 cm³/mol. The van der Waals surface area contributed by atoms with E-state index in [2.05, 4.69) is 43.0 Å². The van der Waals surface area contributed by atoms with Gasteiger partial charge in [-0.3, -0.25) is 0 Å². The Morgan fingerprint density at radius 2 is 1.95 bits per heavy atom. The van der Waals surface area contributed by atoms with Gasteiger partial charge in [-0.25, -0.2) is 9.97 Å². The van der Waals surface area contributed by atoms with Crippen molar-refractivity contribution in [3.8, 4) is 0 Å². The van der Waals surface area contributed by atoms with Gasteiger partial charge in [0.25, 0.3) is 0 Å². The van der Waals surface area contributed by atoms with Gasteiger partial charge >= 0.3 is 0 Å². The monoisotopic (exact) mass is 265 g/mol. The van der Waals surface area contributed by atoms with E-state index in [1.165, 1.54) is 5.56 Å². The summed E-state index contributed by atoms with van der Waals surface area (Å²) < 4.78 is 5.38. The van der Waals surface area contributed by atoms with Gasteiger partial charge in [-0.15, -0.1) is 0 Å². The van der Waals surface area contributed by atoms with Crippen molar-refractivity contribution in [3.05, 3.63) is 17.1 Å². The average Bonchev–Trinajstić information content (AvgIpc) is 2.35. The number of nitrogens with zero attached hydrogens (tertiary/aromatic N) is 2. The van der Waals surface area contributed by atoms with E-state index in [9.17, 15) is 0 Å². The van der Waals surface area contributed by atoms with Gasteiger partial charge in [-0.05, 0) is 26.2 Å². The highest BCUT2D eigenvalue weighted by atomic mass is 16.5. The van der Waals surface area contributed by atoms with E-state index in [0.29, 0.717) is 12.5 Å². The Kier molecular flexibility index (Phi) is 6.78. The van der Waals surface area contributed by atoms with Crippen LogP contribution in [0, 0.1) is 6.92 Å². The van der Waals surface area contributed by atoms with Crippen LogP contribution in [0.2, 0.25) is 0 Å². The van der Waals surface area contributed by atoms with Gasteiger partial charge in [0.05, 0.1) is 6.61 Å². The van der Waals surface area contributed by atoms with Crippen molar-refractivity contribution in [2.75, 3.05) is 25.1 Å². The second-order valence-electron chi connectivity index (χ2n) is 5.02. The number of aromatic nitrogens is 2. The molecular formula is C15H27N3O. The zero-order chi connectivity index (χ0) is 14.3. The lowest BCUT2D eigenvalue weighted by Gasteiger charge is -2.17. The van der Waals surface area contributed by atoms with Crippen molar-refractivity contribution in [1.82, 2.24) is 9.97 Å². The highest BCUT2D eigenvalue weighted by Gasteiger charge is 2.14. The minimum atomic E-state index is 0.431. The summed E-state index contributed by atoms with van der Waals surface area (Å²) in [5.41, 5.74) is 2.31. The van der Waals surface area contributed by atoms with Gasteiger partial charge in [0.1, 0.15) is 11.6 Å². The first kappa shape index (κ1) is 15.9. The highest BCUT2D eigenvalue weighted by molar-refractivity contribution is 5.48. The summed E-state index contributed by atoms with van der Waals surface area (Å²) in [5.74, 6) is 2.30. The minimum Gasteiger partial charge on any atom is -0.381 e. The molecule has 0 saturated heterocycles. The van der Waals surface area contributed by atoms with Crippen molar-refractivity contribution in [1.29, 1.82) is 0 Å². The fourth-order valence-corrected chi connectivity index (χ4v) is 2.13. The van der Waals surface area contributed by atoms with Gasteiger partial charge in [0, 0.05) is 30.8 Å². The molecule has 1 aromatic rings. The normalized spacial score (nSPS) is 11.1. The van der Waals surface area contributed by atoms with E-state index >= 15 is 0 Å². The van der Waals surface area contributed by atoms with Gasteiger partial charge in [-0.1, -0.05) is 20.8 Å². The van der Waals surface area contributed by atoms with Crippen molar-refractivity contribution in [2.45, 2.75) is 53.4 Å². The van der Waals surface area contributed by atoms with Crippen LogP contribution < -0.4 is 5.32 Å².